The second-order valence-corrected chi connectivity index (χ2v) is 5.90. The highest BCUT2D eigenvalue weighted by Crippen LogP contribution is 2.20. The molecule has 1 fully saturated rings. The molecule has 23 heavy (non-hydrogen) atoms. The van der Waals surface area contributed by atoms with Gasteiger partial charge in [-0.25, -0.2) is 4.68 Å². The average molecular weight is 334 g/mol. The summed E-state index contributed by atoms with van der Waals surface area (Å²) in [7, 11) is 3.14. The van der Waals surface area contributed by atoms with Gasteiger partial charge in [-0.05, 0) is 5.92 Å². The Morgan fingerprint density at radius 3 is 2.65 bits per heavy atom. The summed E-state index contributed by atoms with van der Waals surface area (Å²) in [6.45, 7) is 2.06. The molecular weight excluding hydrogens is 313 g/mol. The molecule has 130 valence electrons. The highest BCUT2D eigenvalue weighted by atomic mass is 19.4. The Labute approximate surface area is 132 Å². The molecule has 9 heteroatoms. The largest absolute Gasteiger partial charge is 0.481 e. The van der Waals surface area contributed by atoms with Gasteiger partial charge in [0.2, 0.25) is 5.88 Å². The molecule has 1 atom stereocenters. The second-order valence-electron chi connectivity index (χ2n) is 5.90. The van der Waals surface area contributed by atoms with Gasteiger partial charge in [-0.2, -0.15) is 18.3 Å². The first-order chi connectivity index (χ1) is 10.7. The van der Waals surface area contributed by atoms with E-state index in [1.807, 2.05) is 6.92 Å². The van der Waals surface area contributed by atoms with Gasteiger partial charge in [0.1, 0.15) is 0 Å². The minimum Gasteiger partial charge on any atom is -0.481 e. The molecule has 2 rings (SSSR count). The van der Waals surface area contributed by atoms with Gasteiger partial charge >= 0.3 is 6.18 Å². The zero-order valence-corrected chi connectivity index (χ0v) is 13.4. The van der Waals surface area contributed by atoms with Crippen molar-refractivity contribution in [1.29, 1.82) is 0 Å². The molecule has 1 aromatic rings. The number of rotatable bonds is 3. The molecule has 1 aliphatic rings. The van der Waals surface area contributed by atoms with Crippen molar-refractivity contribution < 1.29 is 22.7 Å². The molecule has 1 aliphatic heterocycles. The topological polar surface area (TPSA) is 50.6 Å². The van der Waals surface area contributed by atoms with Gasteiger partial charge < -0.3 is 9.64 Å². The van der Waals surface area contributed by atoms with E-state index < -0.39 is 12.7 Å². The van der Waals surface area contributed by atoms with E-state index >= 15 is 0 Å². The van der Waals surface area contributed by atoms with Crippen molar-refractivity contribution in [2.75, 3.05) is 39.8 Å². The maximum Gasteiger partial charge on any atom is 0.401 e. The van der Waals surface area contributed by atoms with Gasteiger partial charge in [0, 0.05) is 39.3 Å². The number of amides is 1. The third-order valence-corrected chi connectivity index (χ3v) is 3.74. The number of aryl methyl sites for hydroxylation is 1. The normalized spacial score (nSPS) is 20.4. The summed E-state index contributed by atoms with van der Waals surface area (Å²) in [5.74, 6) is 0.119. The van der Waals surface area contributed by atoms with E-state index in [0.29, 0.717) is 19.0 Å². The molecule has 1 unspecified atom stereocenters. The van der Waals surface area contributed by atoms with E-state index in [1.54, 1.807) is 11.9 Å². The van der Waals surface area contributed by atoms with Crippen molar-refractivity contribution in [3.05, 3.63) is 11.8 Å². The monoisotopic (exact) mass is 334 g/mol. The third kappa shape index (κ3) is 4.60. The summed E-state index contributed by atoms with van der Waals surface area (Å²) in [5.41, 5.74) is 0.237. The lowest BCUT2D eigenvalue weighted by atomic mass is 10.1. The molecule has 0 saturated carbocycles. The molecule has 1 saturated heterocycles. The molecule has 1 aromatic heterocycles. The van der Waals surface area contributed by atoms with Gasteiger partial charge in [0.25, 0.3) is 5.91 Å². The Kier molecular flexibility index (Phi) is 5.18. The first-order valence-electron chi connectivity index (χ1n) is 7.36. The van der Waals surface area contributed by atoms with Gasteiger partial charge in [-0.1, -0.05) is 6.92 Å². The summed E-state index contributed by atoms with van der Waals surface area (Å²) in [6, 6.07) is 1.53. The van der Waals surface area contributed by atoms with Crippen LogP contribution in [0.4, 0.5) is 13.2 Å². The van der Waals surface area contributed by atoms with Crippen molar-refractivity contribution in [3.63, 3.8) is 0 Å². The van der Waals surface area contributed by atoms with E-state index in [2.05, 4.69) is 5.10 Å². The van der Waals surface area contributed by atoms with Gasteiger partial charge in [0.05, 0.1) is 13.7 Å². The Morgan fingerprint density at radius 2 is 2.09 bits per heavy atom. The van der Waals surface area contributed by atoms with Gasteiger partial charge in [0.15, 0.2) is 5.69 Å². The van der Waals surface area contributed by atoms with Gasteiger partial charge in [-0.3, -0.25) is 9.69 Å². The van der Waals surface area contributed by atoms with Crippen LogP contribution in [0.3, 0.4) is 0 Å². The molecule has 0 spiro atoms. The standard InChI is InChI=1S/C14H21F3N4O2/c1-10-7-20(9-14(15,16)17)4-5-21(8-10)13(22)11-6-12(23-3)19(2)18-11/h6,10H,4-5,7-9H2,1-3H3. The molecule has 0 aliphatic carbocycles. The van der Waals surface area contributed by atoms with Crippen LogP contribution >= 0.6 is 0 Å². The van der Waals surface area contributed by atoms with E-state index in [0.717, 1.165) is 0 Å². The lowest BCUT2D eigenvalue weighted by Gasteiger charge is -2.22. The lowest BCUT2D eigenvalue weighted by Crippen LogP contribution is -2.38. The van der Waals surface area contributed by atoms with Crippen LogP contribution in [-0.4, -0.2) is 71.5 Å². The van der Waals surface area contributed by atoms with Crippen molar-refractivity contribution in [2.45, 2.75) is 13.1 Å². The molecule has 2 heterocycles. The van der Waals surface area contributed by atoms with Crippen LogP contribution in [0.15, 0.2) is 6.07 Å². The summed E-state index contributed by atoms with van der Waals surface area (Å²) < 4.78 is 44.2. The smallest absolute Gasteiger partial charge is 0.401 e. The Balaban J connectivity index is 2.06. The summed E-state index contributed by atoms with van der Waals surface area (Å²) in [5, 5.41) is 4.10. The SMILES string of the molecule is COc1cc(C(=O)N2CCN(CC(F)(F)F)CC(C)C2)nn1C. The Bertz CT molecular complexity index is 559. The fourth-order valence-electron chi connectivity index (χ4n) is 2.81. The van der Waals surface area contributed by atoms with E-state index in [1.165, 1.54) is 22.8 Å². The number of nitrogens with zero attached hydrogens (tertiary/aromatic N) is 4. The van der Waals surface area contributed by atoms with Crippen molar-refractivity contribution in [1.82, 2.24) is 19.6 Å². The number of hydrogen-bond acceptors (Lipinski definition) is 4. The summed E-state index contributed by atoms with van der Waals surface area (Å²) in [6.07, 6.45) is -4.23. The molecule has 0 N–H and O–H groups in total. The van der Waals surface area contributed by atoms with Crippen LogP contribution in [0.2, 0.25) is 0 Å². The summed E-state index contributed by atoms with van der Waals surface area (Å²) >= 11 is 0. The molecule has 1 amide bonds. The first kappa shape index (κ1) is 17.6. The maximum absolute atomic E-state index is 12.6. The quantitative estimate of drug-likeness (QED) is 0.838. The number of aromatic nitrogens is 2. The maximum atomic E-state index is 12.6. The zero-order valence-electron chi connectivity index (χ0n) is 13.4. The molecule has 0 aromatic carbocycles. The number of hydrogen-bond donors (Lipinski definition) is 0. The third-order valence-electron chi connectivity index (χ3n) is 3.74. The first-order valence-corrected chi connectivity index (χ1v) is 7.36. The number of ether oxygens (including phenoxy) is 1. The molecule has 0 radical (unpaired) electrons. The van der Waals surface area contributed by atoms with Crippen molar-refractivity contribution in [2.24, 2.45) is 13.0 Å². The van der Waals surface area contributed by atoms with Crippen LogP contribution in [0.1, 0.15) is 17.4 Å². The second kappa shape index (κ2) is 6.77. The zero-order chi connectivity index (χ0) is 17.2. The van der Waals surface area contributed by atoms with E-state index in [9.17, 15) is 18.0 Å². The van der Waals surface area contributed by atoms with Crippen molar-refractivity contribution >= 4 is 5.91 Å². The fraction of sp³-hybridized carbons (Fsp3) is 0.714. The minimum absolute atomic E-state index is 0.0468. The fourth-order valence-corrected chi connectivity index (χ4v) is 2.81. The number of alkyl halides is 3. The Morgan fingerprint density at radius 1 is 1.39 bits per heavy atom. The van der Waals surface area contributed by atoms with Crippen molar-refractivity contribution in [3.8, 4) is 5.88 Å². The van der Waals surface area contributed by atoms with Crippen LogP contribution in [0.5, 0.6) is 5.88 Å². The predicted molar refractivity (Wildman–Crippen MR) is 77.3 cm³/mol. The highest BCUT2D eigenvalue weighted by Gasteiger charge is 2.33. The molecule has 6 nitrogen and oxygen atoms in total. The average Bonchev–Trinajstić information content (AvgIpc) is 2.71. The number of carbonyl (C=O) groups is 1. The van der Waals surface area contributed by atoms with Gasteiger partial charge in [-0.15, -0.1) is 0 Å². The van der Waals surface area contributed by atoms with E-state index in [4.69, 9.17) is 4.74 Å². The van der Waals surface area contributed by atoms with Crippen LogP contribution < -0.4 is 4.74 Å². The van der Waals surface area contributed by atoms with E-state index in [-0.39, 0.29) is 30.6 Å². The summed E-state index contributed by atoms with van der Waals surface area (Å²) in [4.78, 5) is 15.4. The lowest BCUT2D eigenvalue weighted by molar-refractivity contribution is -0.146. The predicted octanol–water partition coefficient (Wildman–Crippen LogP) is 1.38. The molecular formula is C14H21F3N4O2. The van der Waals surface area contributed by atoms with Crippen LogP contribution in [0, 0.1) is 5.92 Å². The molecule has 0 bridgehead atoms. The Hall–Kier alpha value is -1.77. The van der Waals surface area contributed by atoms with Crippen LogP contribution in [0.25, 0.3) is 0 Å². The highest BCUT2D eigenvalue weighted by molar-refractivity contribution is 5.92. The number of methoxy groups -OCH3 is 1. The minimum atomic E-state index is -4.23. The van der Waals surface area contributed by atoms with Crippen LogP contribution in [-0.2, 0) is 7.05 Å². The number of carbonyl (C=O) groups excluding carboxylic acids is 1. The number of halogens is 3.